The van der Waals surface area contributed by atoms with Crippen molar-refractivity contribution >= 4 is 5.78 Å². The summed E-state index contributed by atoms with van der Waals surface area (Å²) in [5.74, 6) is 0.187. The van der Waals surface area contributed by atoms with E-state index < -0.39 is 0 Å². The molecule has 0 amide bonds. The lowest BCUT2D eigenvalue weighted by molar-refractivity contribution is 0.0913. The van der Waals surface area contributed by atoms with Crippen molar-refractivity contribution in [1.29, 1.82) is 0 Å². The summed E-state index contributed by atoms with van der Waals surface area (Å²) in [6, 6.07) is 0.0435. The molecule has 2 rings (SSSR count). The van der Waals surface area contributed by atoms with Crippen LogP contribution in [0.2, 0.25) is 0 Å². The summed E-state index contributed by atoms with van der Waals surface area (Å²) in [5.41, 5.74) is 6.65. The van der Waals surface area contributed by atoms with Gasteiger partial charge in [-0.1, -0.05) is 13.3 Å². The summed E-state index contributed by atoms with van der Waals surface area (Å²) in [6.07, 6.45) is 7.51. The lowest BCUT2D eigenvalue weighted by Crippen LogP contribution is -2.30. The van der Waals surface area contributed by atoms with Gasteiger partial charge in [-0.25, -0.2) is 0 Å². The lowest BCUT2D eigenvalue weighted by Gasteiger charge is -2.12. The maximum atomic E-state index is 12.1. The third-order valence-electron chi connectivity index (χ3n) is 3.28. The first kappa shape index (κ1) is 11.3. The molecule has 2 atom stereocenters. The van der Waals surface area contributed by atoms with Gasteiger partial charge < -0.3 is 5.73 Å². The molecule has 1 fully saturated rings. The van der Waals surface area contributed by atoms with E-state index in [1.807, 2.05) is 10.9 Å². The number of aromatic nitrogens is 2. The second-order valence-corrected chi connectivity index (χ2v) is 4.56. The largest absolute Gasteiger partial charge is 0.327 e. The highest BCUT2D eigenvalue weighted by Crippen LogP contribution is 2.27. The van der Waals surface area contributed by atoms with Crippen molar-refractivity contribution < 1.29 is 4.79 Å². The smallest absolute Gasteiger partial charge is 0.170 e. The number of hydrogen-bond acceptors (Lipinski definition) is 3. The Morgan fingerprint density at radius 3 is 3.06 bits per heavy atom. The van der Waals surface area contributed by atoms with Gasteiger partial charge in [-0.15, -0.1) is 0 Å². The van der Waals surface area contributed by atoms with E-state index in [-0.39, 0.29) is 17.7 Å². The second kappa shape index (κ2) is 4.78. The number of hydrogen-bond donors (Lipinski definition) is 1. The molecule has 1 aromatic heterocycles. The van der Waals surface area contributed by atoms with E-state index >= 15 is 0 Å². The number of ketones is 1. The monoisotopic (exact) mass is 221 g/mol. The Balaban J connectivity index is 2.08. The first-order chi connectivity index (χ1) is 7.72. The number of nitrogens with zero attached hydrogens (tertiary/aromatic N) is 2. The van der Waals surface area contributed by atoms with E-state index in [9.17, 15) is 4.79 Å². The minimum absolute atomic E-state index is 0.0132. The average Bonchev–Trinajstić information content (AvgIpc) is 2.87. The molecule has 0 spiro atoms. The van der Waals surface area contributed by atoms with E-state index in [1.165, 1.54) is 0 Å². The summed E-state index contributed by atoms with van der Waals surface area (Å²) < 4.78 is 1.83. The Morgan fingerprint density at radius 2 is 2.44 bits per heavy atom. The van der Waals surface area contributed by atoms with Crippen LogP contribution in [0.4, 0.5) is 0 Å². The maximum Gasteiger partial charge on any atom is 0.170 e. The van der Waals surface area contributed by atoms with Gasteiger partial charge in [0, 0.05) is 24.7 Å². The molecule has 4 heteroatoms. The van der Waals surface area contributed by atoms with Crippen LogP contribution in [0, 0.1) is 5.92 Å². The zero-order valence-electron chi connectivity index (χ0n) is 9.72. The minimum atomic E-state index is 0.0132. The first-order valence-electron chi connectivity index (χ1n) is 6.04. The molecule has 16 heavy (non-hydrogen) atoms. The third-order valence-corrected chi connectivity index (χ3v) is 3.28. The van der Waals surface area contributed by atoms with Gasteiger partial charge in [0.1, 0.15) is 0 Å². The molecule has 1 aliphatic carbocycles. The standard InChI is InChI=1S/C12H19N3O/c1-2-6-15-8-9(7-14-15)12(16)10-4-3-5-11(10)13/h7-8,10-11H,2-6,13H2,1H3. The molecule has 0 radical (unpaired) electrons. The number of carbonyl (C=O) groups excluding carboxylic acids is 1. The molecule has 2 N–H and O–H groups in total. The number of carbonyl (C=O) groups is 1. The van der Waals surface area contributed by atoms with Crippen LogP contribution >= 0.6 is 0 Å². The Bertz CT molecular complexity index is 372. The summed E-state index contributed by atoms with van der Waals surface area (Å²) in [5, 5.41) is 4.18. The highest BCUT2D eigenvalue weighted by molar-refractivity contribution is 5.98. The van der Waals surface area contributed by atoms with Crippen LogP contribution in [0.1, 0.15) is 43.0 Å². The van der Waals surface area contributed by atoms with Crippen LogP contribution in [0.15, 0.2) is 12.4 Å². The van der Waals surface area contributed by atoms with Gasteiger partial charge in [0.15, 0.2) is 5.78 Å². The SMILES string of the molecule is CCCn1cc(C(=O)C2CCCC2N)cn1. The van der Waals surface area contributed by atoms with Crippen LogP contribution < -0.4 is 5.73 Å². The van der Waals surface area contributed by atoms with Crippen molar-refractivity contribution in [2.24, 2.45) is 11.7 Å². The minimum Gasteiger partial charge on any atom is -0.327 e. The Kier molecular flexibility index (Phi) is 3.39. The van der Waals surface area contributed by atoms with Crippen LogP contribution in [0.5, 0.6) is 0 Å². The van der Waals surface area contributed by atoms with Crippen LogP contribution in [-0.4, -0.2) is 21.6 Å². The molecule has 1 saturated carbocycles. The summed E-state index contributed by atoms with van der Waals surface area (Å²) in [7, 11) is 0. The predicted molar refractivity (Wildman–Crippen MR) is 62.2 cm³/mol. The first-order valence-corrected chi connectivity index (χ1v) is 6.04. The predicted octanol–water partition coefficient (Wildman–Crippen LogP) is 1.60. The number of rotatable bonds is 4. The summed E-state index contributed by atoms with van der Waals surface area (Å²) in [4.78, 5) is 12.1. The second-order valence-electron chi connectivity index (χ2n) is 4.56. The molecule has 0 saturated heterocycles. The number of nitrogens with two attached hydrogens (primary N) is 1. The average molecular weight is 221 g/mol. The van der Waals surface area contributed by atoms with E-state index in [1.54, 1.807) is 6.20 Å². The molecule has 0 aromatic carbocycles. The van der Waals surface area contributed by atoms with E-state index in [0.29, 0.717) is 0 Å². The molecular formula is C12H19N3O. The van der Waals surface area contributed by atoms with E-state index in [0.717, 1.165) is 37.8 Å². The molecular weight excluding hydrogens is 202 g/mol. The molecule has 1 aliphatic rings. The van der Waals surface area contributed by atoms with Gasteiger partial charge in [-0.3, -0.25) is 9.48 Å². The van der Waals surface area contributed by atoms with Crippen molar-refractivity contribution in [3.8, 4) is 0 Å². The van der Waals surface area contributed by atoms with Crippen molar-refractivity contribution in [2.75, 3.05) is 0 Å². The molecule has 88 valence electrons. The quantitative estimate of drug-likeness (QED) is 0.786. The van der Waals surface area contributed by atoms with Gasteiger partial charge in [0.05, 0.1) is 11.8 Å². The Morgan fingerprint density at radius 1 is 1.62 bits per heavy atom. The van der Waals surface area contributed by atoms with Crippen LogP contribution in [0.25, 0.3) is 0 Å². The fourth-order valence-electron chi connectivity index (χ4n) is 2.37. The van der Waals surface area contributed by atoms with Gasteiger partial charge in [0.25, 0.3) is 0 Å². The zero-order chi connectivity index (χ0) is 11.5. The highest BCUT2D eigenvalue weighted by Gasteiger charge is 2.31. The van der Waals surface area contributed by atoms with Crippen molar-refractivity contribution in [3.05, 3.63) is 18.0 Å². The van der Waals surface area contributed by atoms with Crippen LogP contribution in [-0.2, 0) is 6.54 Å². The highest BCUT2D eigenvalue weighted by atomic mass is 16.1. The van der Waals surface area contributed by atoms with Gasteiger partial charge in [-0.05, 0) is 19.3 Å². The molecule has 0 bridgehead atoms. The van der Waals surface area contributed by atoms with Gasteiger partial charge in [0.2, 0.25) is 0 Å². The topological polar surface area (TPSA) is 60.9 Å². The summed E-state index contributed by atoms with van der Waals surface area (Å²) >= 11 is 0. The fraction of sp³-hybridized carbons (Fsp3) is 0.667. The fourth-order valence-corrected chi connectivity index (χ4v) is 2.37. The Labute approximate surface area is 95.8 Å². The molecule has 1 aromatic rings. The van der Waals surface area contributed by atoms with Crippen LogP contribution in [0.3, 0.4) is 0 Å². The maximum absolute atomic E-state index is 12.1. The van der Waals surface area contributed by atoms with E-state index in [2.05, 4.69) is 12.0 Å². The van der Waals surface area contributed by atoms with E-state index in [4.69, 9.17) is 5.73 Å². The number of Topliss-reactive ketones (excluding diaryl/α,β-unsaturated/α-hetero) is 1. The van der Waals surface area contributed by atoms with Crippen molar-refractivity contribution in [3.63, 3.8) is 0 Å². The third kappa shape index (κ3) is 2.16. The normalized spacial score (nSPS) is 24.9. The molecule has 4 nitrogen and oxygen atoms in total. The molecule has 0 aliphatic heterocycles. The molecule has 2 unspecified atom stereocenters. The lowest BCUT2D eigenvalue weighted by atomic mass is 9.95. The van der Waals surface area contributed by atoms with Crippen molar-refractivity contribution in [2.45, 2.75) is 45.2 Å². The number of aryl methyl sites for hydroxylation is 1. The molecule has 1 heterocycles. The van der Waals surface area contributed by atoms with Crippen molar-refractivity contribution in [1.82, 2.24) is 9.78 Å². The Hall–Kier alpha value is -1.16. The summed E-state index contributed by atoms with van der Waals surface area (Å²) in [6.45, 7) is 2.96. The van der Waals surface area contributed by atoms with Gasteiger partial charge in [-0.2, -0.15) is 5.10 Å². The van der Waals surface area contributed by atoms with Gasteiger partial charge >= 0.3 is 0 Å². The zero-order valence-corrected chi connectivity index (χ0v) is 9.72.